The number of aliphatic hydroxyl groups is 1. The van der Waals surface area contributed by atoms with Crippen molar-refractivity contribution in [2.75, 3.05) is 0 Å². The van der Waals surface area contributed by atoms with Gasteiger partial charge in [0.2, 0.25) is 0 Å². The normalized spacial score (nSPS) is 14.9. The summed E-state index contributed by atoms with van der Waals surface area (Å²) in [6.07, 6.45) is 0. The number of hydrogen-bond donors (Lipinski definition) is 1. The molecule has 106 valence electrons. The van der Waals surface area contributed by atoms with E-state index in [0.29, 0.717) is 5.02 Å². The maximum Gasteiger partial charge on any atom is 0.113 e. The van der Waals surface area contributed by atoms with Crippen LogP contribution >= 0.6 is 11.6 Å². The van der Waals surface area contributed by atoms with Gasteiger partial charge in [0.25, 0.3) is 0 Å². The van der Waals surface area contributed by atoms with E-state index in [4.69, 9.17) is 11.6 Å². The molecule has 1 nitrogen and oxygen atoms in total. The molecule has 0 aliphatic heterocycles. The van der Waals surface area contributed by atoms with Gasteiger partial charge in [-0.05, 0) is 29.5 Å². The summed E-state index contributed by atoms with van der Waals surface area (Å²) in [7, 11) is 0. The summed E-state index contributed by atoms with van der Waals surface area (Å²) in [6, 6.07) is 15.5. The fourth-order valence-electron chi connectivity index (χ4n) is 2.31. The molecule has 0 bridgehead atoms. The second-order valence-corrected chi connectivity index (χ2v) is 6.79. The van der Waals surface area contributed by atoms with Gasteiger partial charge in [-0.15, -0.1) is 0 Å². The highest BCUT2D eigenvalue weighted by Gasteiger charge is 2.28. The minimum absolute atomic E-state index is 0.106. The Kier molecular flexibility index (Phi) is 3.95. The molecule has 0 heterocycles. The van der Waals surface area contributed by atoms with Crippen LogP contribution in [0, 0.1) is 0 Å². The maximum absolute atomic E-state index is 10.8. The molecule has 0 fully saturated rings. The molecule has 2 rings (SSSR count). The lowest BCUT2D eigenvalue weighted by Gasteiger charge is -2.27. The molecule has 0 saturated carbocycles. The summed E-state index contributed by atoms with van der Waals surface area (Å²) >= 11 is 6.20. The molecule has 2 aromatic carbocycles. The predicted molar refractivity (Wildman–Crippen MR) is 85.3 cm³/mol. The van der Waals surface area contributed by atoms with Gasteiger partial charge in [0.15, 0.2) is 0 Å². The van der Waals surface area contributed by atoms with Crippen LogP contribution in [0.1, 0.15) is 44.4 Å². The largest absolute Gasteiger partial charge is 0.381 e. The highest BCUT2D eigenvalue weighted by molar-refractivity contribution is 6.31. The third-order valence-electron chi connectivity index (χ3n) is 3.71. The zero-order valence-corrected chi connectivity index (χ0v) is 13.2. The third-order valence-corrected chi connectivity index (χ3v) is 4.04. The van der Waals surface area contributed by atoms with Crippen molar-refractivity contribution < 1.29 is 5.11 Å². The van der Waals surface area contributed by atoms with Gasteiger partial charge in [0.05, 0.1) is 0 Å². The molecule has 0 aromatic heterocycles. The van der Waals surface area contributed by atoms with Crippen LogP contribution in [0.2, 0.25) is 5.02 Å². The topological polar surface area (TPSA) is 20.2 Å². The average Bonchev–Trinajstić information content (AvgIpc) is 2.38. The Morgan fingerprint density at radius 3 is 1.80 bits per heavy atom. The first kappa shape index (κ1) is 15.1. The van der Waals surface area contributed by atoms with Crippen molar-refractivity contribution in [3.8, 4) is 0 Å². The Morgan fingerprint density at radius 1 is 0.800 bits per heavy atom. The van der Waals surface area contributed by atoms with Crippen LogP contribution in [0.25, 0.3) is 0 Å². The van der Waals surface area contributed by atoms with Crippen LogP contribution in [0.5, 0.6) is 0 Å². The van der Waals surface area contributed by atoms with E-state index in [1.807, 2.05) is 30.3 Å². The summed E-state index contributed by atoms with van der Waals surface area (Å²) in [6.45, 7) is 8.30. The van der Waals surface area contributed by atoms with Gasteiger partial charge >= 0.3 is 0 Å². The van der Waals surface area contributed by atoms with Crippen molar-refractivity contribution in [1.82, 2.24) is 0 Å². The summed E-state index contributed by atoms with van der Waals surface area (Å²) in [5.41, 5.74) is 1.84. The van der Waals surface area contributed by atoms with Crippen LogP contribution < -0.4 is 0 Å². The molecule has 2 aromatic rings. The van der Waals surface area contributed by atoms with Gasteiger partial charge in [0, 0.05) is 10.6 Å². The van der Waals surface area contributed by atoms with E-state index in [2.05, 4.69) is 32.9 Å². The van der Waals surface area contributed by atoms with E-state index in [1.54, 1.807) is 13.0 Å². The Balaban J connectivity index is 2.43. The Labute approximate surface area is 126 Å². The van der Waals surface area contributed by atoms with Crippen LogP contribution in [-0.2, 0) is 11.0 Å². The smallest absolute Gasteiger partial charge is 0.113 e. The molecule has 2 heteroatoms. The Bertz CT molecular complexity index is 592. The average molecular weight is 289 g/mol. The molecule has 0 radical (unpaired) electrons. The first-order chi connectivity index (χ1) is 9.23. The van der Waals surface area contributed by atoms with Crippen LogP contribution in [-0.4, -0.2) is 5.11 Å². The lowest BCUT2D eigenvalue weighted by molar-refractivity contribution is 0.102. The monoisotopic (exact) mass is 288 g/mol. The van der Waals surface area contributed by atoms with E-state index in [9.17, 15) is 5.11 Å². The highest BCUT2D eigenvalue weighted by Crippen LogP contribution is 2.34. The Morgan fingerprint density at radius 2 is 1.30 bits per heavy atom. The third kappa shape index (κ3) is 2.89. The zero-order chi connectivity index (χ0) is 15.0. The van der Waals surface area contributed by atoms with Crippen molar-refractivity contribution in [2.45, 2.75) is 38.7 Å². The molecule has 20 heavy (non-hydrogen) atoms. The lowest BCUT2D eigenvalue weighted by Crippen LogP contribution is -2.23. The first-order valence-corrected chi connectivity index (χ1v) is 7.19. The quantitative estimate of drug-likeness (QED) is 0.834. The fourth-order valence-corrected chi connectivity index (χ4v) is 2.63. The highest BCUT2D eigenvalue weighted by atomic mass is 35.5. The van der Waals surface area contributed by atoms with Crippen molar-refractivity contribution in [3.63, 3.8) is 0 Å². The van der Waals surface area contributed by atoms with Crippen LogP contribution in [0.4, 0.5) is 0 Å². The summed E-state index contributed by atoms with van der Waals surface area (Å²) < 4.78 is 0. The molecule has 1 unspecified atom stereocenters. The minimum atomic E-state index is -1.09. The van der Waals surface area contributed by atoms with Gasteiger partial charge in [0.1, 0.15) is 5.60 Å². The summed E-state index contributed by atoms with van der Waals surface area (Å²) in [4.78, 5) is 0. The molecular weight excluding hydrogens is 268 g/mol. The van der Waals surface area contributed by atoms with E-state index < -0.39 is 5.60 Å². The molecule has 0 saturated heterocycles. The number of benzene rings is 2. The van der Waals surface area contributed by atoms with Crippen molar-refractivity contribution >= 4 is 11.6 Å². The van der Waals surface area contributed by atoms with Crippen LogP contribution in [0.15, 0.2) is 48.5 Å². The fraction of sp³-hybridized carbons (Fsp3) is 0.333. The minimum Gasteiger partial charge on any atom is -0.381 e. The summed E-state index contributed by atoms with van der Waals surface area (Å²) in [5.74, 6) is 0. The van der Waals surface area contributed by atoms with Gasteiger partial charge in [-0.2, -0.15) is 0 Å². The van der Waals surface area contributed by atoms with Crippen molar-refractivity contribution in [1.29, 1.82) is 0 Å². The lowest BCUT2D eigenvalue weighted by atomic mass is 9.83. The van der Waals surface area contributed by atoms with Crippen molar-refractivity contribution in [2.24, 2.45) is 0 Å². The number of rotatable bonds is 2. The molecular formula is C18H21ClO. The number of hydrogen-bond acceptors (Lipinski definition) is 1. The van der Waals surface area contributed by atoms with Gasteiger partial charge < -0.3 is 5.11 Å². The molecule has 1 N–H and O–H groups in total. The molecule has 0 aliphatic carbocycles. The standard InChI is InChI=1S/C18H21ClO/c1-17(2,3)13-9-11-14(12-10-13)18(4,20)15-7-5-6-8-16(15)19/h5-12,20H,1-4H3. The van der Waals surface area contributed by atoms with E-state index in [1.165, 1.54) is 5.56 Å². The summed E-state index contributed by atoms with van der Waals surface area (Å²) in [5, 5.41) is 11.4. The first-order valence-electron chi connectivity index (χ1n) is 6.81. The van der Waals surface area contributed by atoms with Gasteiger partial charge in [-0.3, -0.25) is 0 Å². The molecule has 1 atom stereocenters. The zero-order valence-electron chi connectivity index (χ0n) is 12.4. The molecule has 0 amide bonds. The van der Waals surface area contributed by atoms with E-state index in [-0.39, 0.29) is 5.41 Å². The van der Waals surface area contributed by atoms with Gasteiger partial charge in [-0.25, -0.2) is 0 Å². The number of halogens is 1. The molecule has 0 aliphatic rings. The van der Waals surface area contributed by atoms with Crippen LogP contribution in [0.3, 0.4) is 0 Å². The van der Waals surface area contributed by atoms with Crippen molar-refractivity contribution in [3.05, 3.63) is 70.2 Å². The Hall–Kier alpha value is -1.31. The van der Waals surface area contributed by atoms with E-state index >= 15 is 0 Å². The van der Waals surface area contributed by atoms with Gasteiger partial charge in [-0.1, -0.05) is 74.8 Å². The van der Waals surface area contributed by atoms with E-state index in [0.717, 1.165) is 11.1 Å². The maximum atomic E-state index is 10.8. The SMILES string of the molecule is CC(C)(C)c1ccc(C(C)(O)c2ccccc2Cl)cc1. The molecule has 0 spiro atoms. The predicted octanol–water partition coefficient (Wildman–Crippen LogP) is 4.89. The second-order valence-electron chi connectivity index (χ2n) is 6.38. The second kappa shape index (κ2) is 5.23.